The third kappa shape index (κ3) is 1.97. The number of carbonyl (C=O) groups excluding carboxylic acids is 1. The number of hydrogen-bond acceptors (Lipinski definition) is 4. The van der Waals surface area contributed by atoms with Crippen LogP contribution in [0.1, 0.15) is 22.5 Å². The van der Waals surface area contributed by atoms with Crippen LogP contribution in [0.4, 0.5) is 5.69 Å². The van der Waals surface area contributed by atoms with Gasteiger partial charge < -0.3 is 10.0 Å². The number of carbonyl (C=O) groups is 1. The Hall–Kier alpha value is -1.20. The number of nitrogens with zero attached hydrogens (tertiary/aromatic N) is 1. The number of amides is 1. The van der Waals surface area contributed by atoms with E-state index in [0.717, 1.165) is 28.1 Å². The maximum Gasteiger partial charge on any atom is 0.260 e. The van der Waals surface area contributed by atoms with Crippen LogP contribution in [0.2, 0.25) is 0 Å². The molecule has 2 heterocycles. The lowest BCUT2D eigenvalue weighted by Crippen LogP contribution is -2.23. The lowest BCUT2D eigenvalue weighted by molar-refractivity contribution is 0.100. The monoisotopic (exact) mass is 278 g/mol. The van der Waals surface area contributed by atoms with E-state index in [1.807, 2.05) is 18.2 Å². The van der Waals surface area contributed by atoms with Crippen molar-refractivity contribution in [3.63, 3.8) is 0 Å². The van der Waals surface area contributed by atoms with Crippen LogP contribution in [0.5, 0.6) is 0 Å². The summed E-state index contributed by atoms with van der Waals surface area (Å²) in [6.07, 6.45) is 2.42. The van der Waals surface area contributed by atoms with Gasteiger partial charge in [-0.25, -0.2) is 0 Å². The summed E-state index contributed by atoms with van der Waals surface area (Å²) in [4.78, 5) is 12.3. The van der Waals surface area contributed by atoms with E-state index in [1.54, 1.807) is 11.9 Å². The van der Waals surface area contributed by atoms with Crippen LogP contribution in [0.3, 0.4) is 0 Å². The first-order valence-electron chi connectivity index (χ1n) is 5.99. The second kappa shape index (κ2) is 4.82. The molecule has 2 N–H and O–H groups in total. The molecule has 1 aromatic carbocycles. The number of hydrogen-bond donors (Lipinski definition) is 1. The Morgan fingerprint density at radius 1 is 1.28 bits per heavy atom. The van der Waals surface area contributed by atoms with Gasteiger partial charge in [0.1, 0.15) is 4.88 Å². The zero-order valence-corrected chi connectivity index (χ0v) is 11.5. The van der Waals surface area contributed by atoms with Gasteiger partial charge in [0.15, 0.2) is 0 Å². The summed E-state index contributed by atoms with van der Waals surface area (Å²) >= 11 is 3.30. The minimum absolute atomic E-state index is 0.322. The van der Waals surface area contributed by atoms with Gasteiger partial charge in [-0.3, -0.25) is 4.79 Å². The van der Waals surface area contributed by atoms with Gasteiger partial charge in [-0.05, 0) is 30.9 Å². The Morgan fingerprint density at radius 2 is 2.11 bits per heavy atom. The highest BCUT2D eigenvalue weighted by Gasteiger charge is 2.23. The number of rotatable bonds is 2. The van der Waals surface area contributed by atoms with Crippen molar-refractivity contribution in [2.75, 3.05) is 16.6 Å². The number of anilines is 1. The molecule has 0 aliphatic carbocycles. The van der Waals surface area contributed by atoms with Gasteiger partial charge in [0.2, 0.25) is 0 Å². The normalized spacial score (nSPS) is 16.1. The molecule has 94 valence electrons. The molecule has 0 saturated carbocycles. The van der Waals surface area contributed by atoms with Gasteiger partial charge in [-0.15, -0.1) is 11.3 Å². The van der Waals surface area contributed by atoms with E-state index in [-0.39, 0.29) is 5.91 Å². The van der Waals surface area contributed by atoms with Gasteiger partial charge in [-0.1, -0.05) is 18.2 Å². The summed E-state index contributed by atoms with van der Waals surface area (Å²) in [7, 11) is 0. The molecule has 0 spiro atoms. The Labute approximate surface area is 114 Å². The summed E-state index contributed by atoms with van der Waals surface area (Å²) in [5.41, 5.74) is 6.54. The highest BCUT2D eigenvalue weighted by Crippen LogP contribution is 2.41. The van der Waals surface area contributed by atoms with Gasteiger partial charge in [-0.2, -0.15) is 0 Å². The van der Waals surface area contributed by atoms with Crippen LogP contribution >= 0.6 is 23.3 Å². The van der Waals surface area contributed by atoms with Crippen molar-refractivity contribution in [3.8, 4) is 0 Å². The first kappa shape index (κ1) is 11.9. The standard InChI is InChI=1S/C13H14N2OS2/c14-13(16)12-11(15-7-3-4-8-17-15)9-5-1-2-6-10(9)18-12/h1-2,5-6H,3-4,7-8H2,(H2,14,16). The Kier molecular flexibility index (Phi) is 3.18. The molecule has 1 aliphatic heterocycles. The smallest absolute Gasteiger partial charge is 0.260 e. The van der Waals surface area contributed by atoms with Crippen LogP contribution in [-0.2, 0) is 0 Å². The molecule has 3 nitrogen and oxygen atoms in total. The molecule has 0 atom stereocenters. The molecule has 1 aliphatic rings. The second-order valence-corrected chi connectivity index (χ2v) is 6.44. The lowest BCUT2D eigenvalue weighted by Gasteiger charge is -2.27. The van der Waals surface area contributed by atoms with E-state index >= 15 is 0 Å². The van der Waals surface area contributed by atoms with E-state index in [9.17, 15) is 4.79 Å². The van der Waals surface area contributed by atoms with Crippen LogP contribution in [0.15, 0.2) is 24.3 Å². The first-order chi connectivity index (χ1) is 8.77. The highest BCUT2D eigenvalue weighted by molar-refractivity contribution is 8.00. The van der Waals surface area contributed by atoms with E-state index in [0.29, 0.717) is 4.88 Å². The number of nitrogens with two attached hydrogens (primary N) is 1. The van der Waals surface area contributed by atoms with Crippen molar-refractivity contribution in [2.24, 2.45) is 5.73 Å². The summed E-state index contributed by atoms with van der Waals surface area (Å²) < 4.78 is 3.37. The zero-order valence-electron chi connectivity index (χ0n) is 9.89. The van der Waals surface area contributed by atoms with Crippen LogP contribution in [0, 0.1) is 0 Å². The van der Waals surface area contributed by atoms with Gasteiger partial charge >= 0.3 is 0 Å². The fourth-order valence-electron chi connectivity index (χ4n) is 2.22. The average Bonchev–Trinajstić information content (AvgIpc) is 2.79. The van der Waals surface area contributed by atoms with Crippen molar-refractivity contribution >= 4 is 45.0 Å². The molecule has 5 heteroatoms. The molecule has 18 heavy (non-hydrogen) atoms. The van der Waals surface area contributed by atoms with Crippen LogP contribution in [0.25, 0.3) is 10.1 Å². The first-order valence-corrected chi connectivity index (χ1v) is 7.75. The number of thiophene rings is 1. The quantitative estimate of drug-likeness (QED) is 0.858. The molecule has 0 bridgehead atoms. The second-order valence-electron chi connectivity index (χ2n) is 4.28. The van der Waals surface area contributed by atoms with E-state index in [4.69, 9.17) is 5.73 Å². The van der Waals surface area contributed by atoms with Crippen molar-refractivity contribution in [2.45, 2.75) is 12.8 Å². The molecular weight excluding hydrogens is 264 g/mol. The van der Waals surface area contributed by atoms with E-state index in [1.165, 1.54) is 24.2 Å². The van der Waals surface area contributed by atoms with Gasteiger partial charge in [0, 0.05) is 22.4 Å². The van der Waals surface area contributed by atoms with Crippen LogP contribution < -0.4 is 10.0 Å². The average molecular weight is 278 g/mol. The molecular formula is C13H14N2OS2. The largest absolute Gasteiger partial charge is 0.365 e. The van der Waals surface area contributed by atoms with Crippen molar-refractivity contribution < 1.29 is 4.79 Å². The molecule has 1 aromatic heterocycles. The van der Waals surface area contributed by atoms with Gasteiger partial charge in [0.25, 0.3) is 5.91 Å². The SMILES string of the molecule is NC(=O)c1sc2ccccc2c1N1CCCCS1. The Balaban J connectivity index is 2.17. The van der Waals surface area contributed by atoms with Crippen molar-refractivity contribution in [1.29, 1.82) is 0 Å². The number of primary amides is 1. The molecule has 0 radical (unpaired) electrons. The summed E-state index contributed by atoms with van der Waals surface area (Å²) in [6.45, 7) is 0.992. The maximum absolute atomic E-state index is 11.6. The van der Waals surface area contributed by atoms with Crippen molar-refractivity contribution in [1.82, 2.24) is 0 Å². The topological polar surface area (TPSA) is 46.3 Å². The summed E-state index contributed by atoms with van der Waals surface area (Å²) in [5.74, 6) is 0.792. The highest BCUT2D eigenvalue weighted by atomic mass is 32.2. The molecule has 1 saturated heterocycles. The van der Waals surface area contributed by atoms with Crippen molar-refractivity contribution in [3.05, 3.63) is 29.1 Å². The minimum Gasteiger partial charge on any atom is -0.365 e. The molecule has 2 aromatic rings. The molecule has 3 rings (SSSR count). The predicted molar refractivity (Wildman–Crippen MR) is 79.4 cm³/mol. The third-order valence-electron chi connectivity index (χ3n) is 3.05. The molecule has 1 amide bonds. The Bertz CT molecular complexity index is 588. The zero-order chi connectivity index (χ0) is 12.5. The predicted octanol–water partition coefficient (Wildman–Crippen LogP) is 3.25. The molecule has 0 unspecified atom stereocenters. The number of benzene rings is 1. The third-order valence-corrected chi connectivity index (χ3v) is 5.37. The fraction of sp³-hybridized carbons (Fsp3) is 0.308. The summed E-state index contributed by atoms with van der Waals surface area (Å²) in [6, 6.07) is 8.13. The minimum atomic E-state index is -0.322. The Morgan fingerprint density at radius 3 is 2.83 bits per heavy atom. The fourth-order valence-corrected chi connectivity index (χ4v) is 4.47. The van der Waals surface area contributed by atoms with E-state index < -0.39 is 0 Å². The number of fused-ring (bicyclic) bond motifs is 1. The summed E-state index contributed by atoms with van der Waals surface area (Å²) in [5, 5.41) is 1.14. The van der Waals surface area contributed by atoms with Gasteiger partial charge in [0.05, 0.1) is 5.69 Å². The maximum atomic E-state index is 11.6. The van der Waals surface area contributed by atoms with E-state index in [2.05, 4.69) is 10.4 Å². The lowest BCUT2D eigenvalue weighted by atomic mass is 10.2. The van der Waals surface area contributed by atoms with Crippen LogP contribution in [-0.4, -0.2) is 18.2 Å². The molecule has 1 fully saturated rings.